The molecule has 2 aromatic carbocycles. The number of nitrogens with one attached hydrogen (secondary N) is 2. The summed E-state index contributed by atoms with van der Waals surface area (Å²) < 4.78 is 22.8. The summed E-state index contributed by atoms with van der Waals surface area (Å²) in [6, 6.07) is 15.9. The third-order valence-corrected chi connectivity index (χ3v) is 7.57. The molecule has 2 saturated heterocycles. The summed E-state index contributed by atoms with van der Waals surface area (Å²) in [6.07, 6.45) is -2.43. The van der Waals surface area contributed by atoms with Gasteiger partial charge in [0.1, 0.15) is 24.4 Å². The second kappa shape index (κ2) is 15.1. The van der Waals surface area contributed by atoms with Crippen molar-refractivity contribution in [3.8, 4) is 0 Å². The van der Waals surface area contributed by atoms with E-state index in [0.717, 1.165) is 12.0 Å². The van der Waals surface area contributed by atoms with E-state index in [0.29, 0.717) is 18.7 Å². The first-order valence-corrected chi connectivity index (χ1v) is 15.4. The molecule has 12 heteroatoms. The maximum Gasteiger partial charge on any atom is 0.412 e. The Morgan fingerprint density at radius 2 is 1.62 bits per heavy atom. The number of anilines is 1. The summed E-state index contributed by atoms with van der Waals surface area (Å²) in [7, 11) is 0. The Labute approximate surface area is 264 Å². The monoisotopic (exact) mass is 624 g/mol. The number of ether oxygens (including phenoxy) is 4. The summed E-state index contributed by atoms with van der Waals surface area (Å²) in [5.74, 6) is -0.423. The number of nitrogens with zero attached hydrogens (tertiary/aromatic N) is 2. The highest BCUT2D eigenvalue weighted by Crippen LogP contribution is 2.35. The van der Waals surface area contributed by atoms with E-state index in [2.05, 4.69) is 10.6 Å². The average Bonchev–Trinajstić information content (AvgIpc) is 3.58. The number of carbonyl (C=O) groups is 4. The topological polar surface area (TPSA) is 136 Å². The van der Waals surface area contributed by atoms with Crippen molar-refractivity contribution in [2.45, 2.75) is 90.0 Å². The lowest BCUT2D eigenvalue weighted by molar-refractivity contribution is -0.139. The van der Waals surface area contributed by atoms with E-state index < -0.39 is 60.1 Å². The predicted molar refractivity (Wildman–Crippen MR) is 166 cm³/mol. The lowest BCUT2D eigenvalue weighted by Gasteiger charge is -2.33. The van der Waals surface area contributed by atoms with Gasteiger partial charge in [-0.15, -0.1) is 0 Å². The molecule has 2 fully saturated rings. The summed E-state index contributed by atoms with van der Waals surface area (Å²) in [6.45, 7) is 9.62. The first-order valence-electron chi connectivity index (χ1n) is 15.4. The number of alkyl carbamates (subject to hydrolysis) is 1. The largest absolute Gasteiger partial charge is 0.445 e. The fourth-order valence-electron chi connectivity index (χ4n) is 5.60. The molecule has 2 aromatic rings. The van der Waals surface area contributed by atoms with Crippen molar-refractivity contribution < 1.29 is 38.1 Å². The van der Waals surface area contributed by atoms with Crippen molar-refractivity contribution in [1.82, 2.24) is 15.1 Å². The number of benzene rings is 2. The molecule has 2 N–H and O–H groups in total. The fraction of sp³-hybridized carbons (Fsp3) is 0.515. The Morgan fingerprint density at radius 3 is 2.27 bits per heavy atom. The SMILES string of the molecule is CCCOC(C)C(NC(=O)OC(C)(C)C)C(=O)N1CCC2C1C(OC(=O)Nc1ccccc1)CN2C(=O)OCc1ccccc1. The van der Waals surface area contributed by atoms with Gasteiger partial charge in [-0.25, -0.2) is 14.4 Å². The Kier molecular flexibility index (Phi) is 11.3. The lowest BCUT2D eigenvalue weighted by atomic mass is 10.1. The summed E-state index contributed by atoms with van der Waals surface area (Å²) in [5, 5.41) is 5.40. The number of hydrogen-bond donors (Lipinski definition) is 2. The molecule has 2 heterocycles. The van der Waals surface area contributed by atoms with Crippen LogP contribution in [0.25, 0.3) is 0 Å². The highest BCUT2D eigenvalue weighted by molar-refractivity contribution is 5.88. The van der Waals surface area contributed by atoms with Crippen LogP contribution in [0, 0.1) is 0 Å². The first kappa shape index (κ1) is 33.6. The summed E-state index contributed by atoms with van der Waals surface area (Å²) in [4.78, 5) is 56.4. The standard InChI is InChI=1S/C33H44N4O8/c1-6-19-42-22(2)27(35-31(40)45-33(3,4)5)29(38)36-18-17-25-28(36)26(44-30(39)34-24-15-11-8-12-16-24)20-37(25)32(41)43-21-23-13-9-7-10-14-23/h7-16,22,25-28H,6,17-21H2,1-5H3,(H,34,39)(H,35,40). The van der Waals surface area contributed by atoms with Crippen LogP contribution in [0.5, 0.6) is 0 Å². The zero-order valence-corrected chi connectivity index (χ0v) is 26.6. The predicted octanol–water partition coefficient (Wildman–Crippen LogP) is 4.93. The molecular weight excluding hydrogens is 580 g/mol. The van der Waals surface area contributed by atoms with E-state index in [4.69, 9.17) is 18.9 Å². The second-order valence-corrected chi connectivity index (χ2v) is 12.2. The van der Waals surface area contributed by atoms with E-state index in [1.807, 2.05) is 43.3 Å². The van der Waals surface area contributed by atoms with Gasteiger partial charge in [-0.3, -0.25) is 15.0 Å². The normalized spacial score (nSPS) is 20.5. The number of para-hydroxylation sites is 1. The van der Waals surface area contributed by atoms with E-state index >= 15 is 0 Å². The molecule has 0 aromatic heterocycles. The Hall–Kier alpha value is -4.32. The first-order chi connectivity index (χ1) is 21.5. The third kappa shape index (κ3) is 9.10. The maximum absolute atomic E-state index is 14.2. The van der Waals surface area contributed by atoms with Gasteiger partial charge < -0.3 is 29.2 Å². The average molecular weight is 625 g/mol. The van der Waals surface area contributed by atoms with E-state index in [9.17, 15) is 19.2 Å². The van der Waals surface area contributed by atoms with Gasteiger partial charge in [-0.2, -0.15) is 0 Å². The van der Waals surface area contributed by atoms with Gasteiger partial charge in [0, 0.05) is 18.8 Å². The molecule has 4 rings (SSSR count). The van der Waals surface area contributed by atoms with Crippen LogP contribution in [-0.4, -0.2) is 89.6 Å². The van der Waals surface area contributed by atoms with Crippen molar-refractivity contribution in [1.29, 1.82) is 0 Å². The zero-order valence-electron chi connectivity index (χ0n) is 26.6. The highest BCUT2D eigenvalue weighted by Gasteiger charge is 2.55. The molecule has 5 atom stereocenters. The van der Waals surface area contributed by atoms with Crippen LogP contribution >= 0.6 is 0 Å². The molecule has 244 valence electrons. The zero-order chi connectivity index (χ0) is 32.6. The van der Waals surface area contributed by atoms with Crippen molar-refractivity contribution in [2.75, 3.05) is 25.0 Å². The number of carbonyl (C=O) groups excluding carboxylic acids is 4. The van der Waals surface area contributed by atoms with Crippen LogP contribution in [0.2, 0.25) is 0 Å². The smallest absolute Gasteiger partial charge is 0.412 e. The molecule has 0 spiro atoms. The molecule has 2 aliphatic rings. The molecule has 0 bridgehead atoms. The van der Waals surface area contributed by atoms with Gasteiger partial charge >= 0.3 is 18.3 Å². The van der Waals surface area contributed by atoms with E-state index in [1.54, 1.807) is 56.9 Å². The van der Waals surface area contributed by atoms with E-state index in [-0.39, 0.29) is 19.7 Å². The number of hydrogen-bond acceptors (Lipinski definition) is 8. The number of likely N-dealkylation sites (tertiary alicyclic amines) is 2. The van der Waals surface area contributed by atoms with Crippen molar-refractivity contribution >= 4 is 29.9 Å². The van der Waals surface area contributed by atoms with Gasteiger partial charge in [0.15, 0.2) is 0 Å². The van der Waals surface area contributed by atoms with Gasteiger partial charge in [0.2, 0.25) is 5.91 Å². The Morgan fingerprint density at radius 1 is 0.956 bits per heavy atom. The minimum Gasteiger partial charge on any atom is -0.445 e. The van der Waals surface area contributed by atoms with Crippen molar-refractivity contribution in [3.05, 3.63) is 66.2 Å². The Bertz CT molecular complexity index is 1300. The van der Waals surface area contributed by atoms with Crippen LogP contribution in [0.1, 0.15) is 53.0 Å². The molecule has 2 aliphatic heterocycles. The van der Waals surface area contributed by atoms with E-state index in [1.165, 1.54) is 4.90 Å². The fourth-order valence-corrected chi connectivity index (χ4v) is 5.60. The summed E-state index contributed by atoms with van der Waals surface area (Å²) >= 11 is 0. The third-order valence-electron chi connectivity index (χ3n) is 7.57. The minimum absolute atomic E-state index is 0.0288. The van der Waals surface area contributed by atoms with Crippen LogP contribution in [-0.2, 0) is 30.3 Å². The number of rotatable bonds is 10. The molecule has 0 aliphatic carbocycles. The quantitative estimate of drug-likeness (QED) is 0.355. The van der Waals surface area contributed by atoms with Gasteiger partial charge in [0.05, 0.1) is 24.7 Å². The molecule has 5 unspecified atom stereocenters. The number of fused-ring (bicyclic) bond motifs is 1. The second-order valence-electron chi connectivity index (χ2n) is 12.2. The Balaban J connectivity index is 1.55. The molecule has 12 nitrogen and oxygen atoms in total. The van der Waals surface area contributed by atoms with Gasteiger partial charge in [-0.1, -0.05) is 55.5 Å². The van der Waals surface area contributed by atoms with Crippen molar-refractivity contribution in [3.63, 3.8) is 0 Å². The van der Waals surface area contributed by atoms with Crippen LogP contribution in [0.15, 0.2) is 60.7 Å². The van der Waals surface area contributed by atoms with Crippen LogP contribution in [0.4, 0.5) is 20.1 Å². The van der Waals surface area contributed by atoms with Gasteiger partial charge in [-0.05, 0) is 58.2 Å². The van der Waals surface area contributed by atoms with Crippen LogP contribution < -0.4 is 10.6 Å². The van der Waals surface area contributed by atoms with Gasteiger partial charge in [0.25, 0.3) is 0 Å². The molecule has 0 radical (unpaired) electrons. The molecule has 4 amide bonds. The maximum atomic E-state index is 14.2. The lowest BCUT2D eigenvalue weighted by Crippen LogP contribution is -2.58. The summed E-state index contributed by atoms with van der Waals surface area (Å²) in [5.41, 5.74) is 0.595. The molecule has 45 heavy (non-hydrogen) atoms. The number of amides is 4. The molecule has 0 saturated carbocycles. The minimum atomic E-state index is -1.08. The molecular formula is C33H44N4O8. The van der Waals surface area contributed by atoms with Crippen LogP contribution in [0.3, 0.4) is 0 Å². The highest BCUT2D eigenvalue weighted by atomic mass is 16.6. The van der Waals surface area contributed by atoms with Crippen molar-refractivity contribution in [2.24, 2.45) is 0 Å².